The summed E-state index contributed by atoms with van der Waals surface area (Å²) in [6.45, 7) is 0.483. The van der Waals surface area contributed by atoms with Gasteiger partial charge in [-0.25, -0.2) is 0 Å². The molecule has 0 radical (unpaired) electrons. The van der Waals surface area contributed by atoms with Crippen molar-refractivity contribution in [1.29, 1.82) is 0 Å². The second-order valence-corrected chi connectivity index (χ2v) is 3.31. The third-order valence-electron chi connectivity index (χ3n) is 1.53. The Labute approximate surface area is 99.0 Å². The van der Waals surface area contributed by atoms with E-state index < -0.39 is 0 Å². The van der Waals surface area contributed by atoms with Crippen molar-refractivity contribution in [1.82, 2.24) is 0 Å². The van der Waals surface area contributed by atoms with Crippen molar-refractivity contribution in [3.8, 4) is 0 Å². The molecule has 1 aromatic carbocycles. The first-order chi connectivity index (χ1) is 5.24. The highest BCUT2D eigenvalue weighted by atomic mass is 79.9. The lowest BCUT2D eigenvalue weighted by Crippen LogP contribution is -2.20. The summed E-state index contributed by atoms with van der Waals surface area (Å²) in [6.07, 6.45) is 0. The minimum Gasteiger partial charge on any atom is -0.329 e. The molecule has 0 unspecified atom stereocenters. The van der Waals surface area contributed by atoms with Gasteiger partial charge < -0.3 is 11.5 Å². The highest BCUT2D eigenvalue weighted by molar-refractivity contribution is 9.10. The molecule has 0 bridgehead atoms. The van der Waals surface area contributed by atoms with Crippen molar-refractivity contribution < 1.29 is 0 Å². The van der Waals surface area contributed by atoms with E-state index in [9.17, 15) is 0 Å². The predicted octanol–water partition coefficient (Wildman–Crippen LogP) is 2.25. The Bertz CT molecular complexity index is 245. The first-order valence-electron chi connectivity index (χ1n) is 3.45. The minimum atomic E-state index is -0.0486. The Morgan fingerprint density at radius 1 is 1.31 bits per heavy atom. The SMILES string of the molecule is Cl.Cl.NC[C@H](N)c1cccc(Br)c1. The number of rotatable bonds is 2. The van der Waals surface area contributed by atoms with Crippen LogP contribution in [0.15, 0.2) is 28.7 Å². The zero-order valence-corrected chi connectivity index (χ0v) is 10.2. The standard InChI is InChI=1S/C8H11BrN2.2ClH/c9-7-3-1-2-6(4-7)8(11)5-10;;/h1-4,8H,5,10-11H2;2*1H/t8-;;/m0../s1. The van der Waals surface area contributed by atoms with E-state index in [1.54, 1.807) is 0 Å². The van der Waals surface area contributed by atoms with Crippen LogP contribution < -0.4 is 11.5 Å². The monoisotopic (exact) mass is 286 g/mol. The quantitative estimate of drug-likeness (QED) is 0.877. The molecule has 0 saturated carbocycles. The summed E-state index contributed by atoms with van der Waals surface area (Å²) in [6, 6.07) is 7.83. The summed E-state index contributed by atoms with van der Waals surface area (Å²) in [5.41, 5.74) is 12.2. The summed E-state index contributed by atoms with van der Waals surface area (Å²) < 4.78 is 1.04. The zero-order chi connectivity index (χ0) is 8.27. The number of halogens is 3. The van der Waals surface area contributed by atoms with Gasteiger partial charge in [-0.15, -0.1) is 24.8 Å². The molecule has 0 aromatic heterocycles. The fraction of sp³-hybridized carbons (Fsp3) is 0.250. The second-order valence-electron chi connectivity index (χ2n) is 2.40. The van der Waals surface area contributed by atoms with Crippen molar-refractivity contribution in [3.63, 3.8) is 0 Å². The van der Waals surface area contributed by atoms with Gasteiger partial charge in [-0.1, -0.05) is 28.1 Å². The Morgan fingerprint density at radius 2 is 1.92 bits per heavy atom. The second kappa shape index (κ2) is 7.59. The first-order valence-corrected chi connectivity index (χ1v) is 4.24. The van der Waals surface area contributed by atoms with Crippen LogP contribution in [0.2, 0.25) is 0 Å². The minimum absolute atomic E-state index is 0. The van der Waals surface area contributed by atoms with E-state index in [2.05, 4.69) is 15.9 Å². The number of hydrogen-bond acceptors (Lipinski definition) is 2. The van der Waals surface area contributed by atoms with Gasteiger partial charge in [0.25, 0.3) is 0 Å². The molecule has 1 rings (SSSR count). The molecule has 0 aliphatic rings. The van der Waals surface area contributed by atoms with Crippen LogP contribution in [0.1, 0.15) is 11.6 Å². The Morgan fingerprint density at radius 3 is 2.38 bits per heavy atom. The van der Waals surface area contributed by atoms with Crippen LogP contribution >= 0.6 is 40.7 Å². The van der Waals surface area contributed by atoms with Gasteiger partial charge in [0.2, 0.25) is 0 Å². The molecule has 76 valence electrons. The summed E-state index contributed by atoms with van der Waals surface area (Å²) in [5.74, 6) is 0. The predicted molar refractivity (Wildman–Crippen MR) is 64.6 cm³/mol. The lowest BCUT2D eigenvalue weighted by Gasteiger charge is -2.08. The van der Waals surface area contributed by atoms with E-state index in [0.29, 0.717) is 6.54 Å². The summed E-state index contributed by atoms with van der Waals surface area (Å²) >= 11 is 3.36. The summed E-state index contributed by atoms with van der Waals surface area (Å²) in [5, 5.41) is 0. The highest BCUT2D eigenvalue weighted by Gasteiger charge is 2.01. The van der Waals surface area contributed by atoms with Gasteiger partial charge in [0, 0.05) is 17.1 Å². The Balaban J connectivity index is 0. The first kappa shape index (κ1) is 15.7. The Hall–Kier alpha value is 0.200. The maximum absolute atomic E-state index is 5.72. The van der Waals surface area contributed by atoms with Crippen LogP contribution in [0.5, 0.6) is 0 Å². The smallest absolute Gasteiger partial charge is 0.0419 e. The summed E-state index contributed by atoms with van der Waals surface area (Å²) in [7, 11) is 0. The van der Waals surface area contributed by atoms with Crippen LogP contribution in [0.4, 0.5) is 0 Å². The van der Waals surface area contributed by atoms with Crippen LogP contribution in [-0.4, -0.2) is 6.54 Å². The fourth-order valence-electron chi connectivity index (χ4n) is 0.873. The highest BCUT2D eigenvalue weighted by Crippen LogP contribution is 2.15. The van der Waals surface area contributed by atoms with E-state index in [0.717, 1.165) is 10.0 Å². The van der Waals surface area contributed by atoms with Crippen LogP contribution in [0.3, 0.4) is 0 Å². The normalized spacial score (nSPS) is 11.0. The lowest BCUT2D eigenvalue weighted by atomic mass is 10.1. The van der Waals surface area contributed by atoms with E-state index in [1.165, 1.54) is 0 Å². The molecule has 5 heteroatoms. The van der Waals surface area contributed by atoms with Crippen LogP contribution in [0, 0.1) is 0 Å². The number of benzene rings is 1. The van der Waals surface area contributed by atoms with Gasteiger partial charge in [-0.3, -0.25) is 0 Å². The van der Waals surface area contributed by atoms with Gasteiger partial charge in [-0.05, 0) is 17.7 Å². The van der Waals surface area contributed by atoms with Gasteiger partial charge in [0.05, 0.1) is 0 Å². The topological polar surface area (TPSA) is 52.0 Å². The number of hydrogen-bond donors (Lipinski definition) is 2. The van der Waals surface area contributed by atoms with E-state index in [4.69, 9.17) is 11.5 Å². The van der Waals surface area contributed by atoms with Crippen molar-refractivity contribution in [2.75, 3.05) is 6.54 Å². The van der Waals surface area contributed by atoms with Gasteiger partial charge in [-0.2, -0.15) is 0 Å². The molecule has 0 aliphatic carbocycles. The molecular formula is C8H13BrCl2N2. The van der Waals surface area contributed by atoms with E-state index in [-0.39, 0.29) is 30.9 Å². The fourth-order valence-corrected chi connectivity index (χ4v) is 1.29. The molecule has 2 nitrogen and oxygen atoms in total. The van der Waals surface area contributed by atoms with Gasteiger partial charge in [0.1, 0.15) is 0 Å². The summed E-state index contributed by atoms with van der Waals surface area (Å²) in [4.78, 5) is 0. The molecule has 0 heterocycles. The van der Waals surface area contributed by atoms with Crippen LogP contribution in [-0.2, 0) is 0 Å². The van der Waals surface area contributed by atoms with Crippen molar-refractivity contribution in [2.45, 2.75) is 6.04 Å². The maximum Gasteiger partial charge on any atom is 0.0419 e. The average molecular weight is 288 g/mol. The molecule has 1 aromatic rings. The molecule has 0 saturated heterocycles. The lowest BCUT2D eigenvalue weighted by molar-refractivity contribution is 0.736. The largest absolute Gasteiger partial charge is 0.329 e. The molecule has 0 spiro atoms. The van der Waals surface area contributed by atoms with Crippen LogP contribution in [0.25, 0.3) is 0 Å². The average Bonchev–Trinajstić information content (AvgIpc) is 2.03. The molecule has 13 heavy (non-hydrogen) atoms. The molecule has 1 atom stereocenters. The number of nitrogens with two attached hydrogens (primary N) is 2. The van der Waals surface area contributed by atoms with E-state index >= 15 is 0 Å². The van der Waals surface area contributed by atoms with Crippen molar-refractivity contribution in [2.24, 2.45) is 11.5 Å². The molecule has 0 fully saturated rings. The molecule has 0 amide bonds. The Kier molecular flexibility index (Phi) is 9.14. The molecular weight excluding hydrogens is 275 g/mol. The molecule has 4 N–H and O–H groups in total. The van der Waals surface area contributed by atoms with Crippen molar-refractivity contribution in [3.05, 3.63) is 34.3 Å². The van der Waals surface area contributed by atoms with Gasteiger partial charge >= 0.3 is 0 Å². The van der Waals surface area contributed by atoms with Gasteiger partial charge in [0.15, 0.2) is 0 Å². The zero-order valence-electron chi connectivity index (χ0n) is 6.94. The maximum atomic E-state index is 5.72. The molecule has 0 aliphatic heterocycles. The van der Waals surface area contributed by atoms with Crippen molar-refractivity contribution >= 4 is 40.7 Å². The third kappa shape index (κ3) is 4.84. The van der Waals surface area contributed by atoms with E-state index in [1.807, 2.05) is 24.3 Å². The third-order valence-corrected chi connectivity index (χ3v) is 2.02.